The van der Waals surface area contributed by atoms with Crippen molar-refractivity contribution in [1.29, 1.82) is 0 Å². The van der Waals surface area contributed by atoms with Crippen LogP contribution in [0.25, 0.3) is 0 Å². The molecule has 0 aliphatic heterocycles. The van der Waals surface area contributed by atoms with Gasteiger partial charge in [-0.1, -0.05) is 17.2 Å². The molecule has 0 aromatic heterocycles. The van der Waals surface area contributed by atoms with E-state index in [2.05, 4.69) is 5.32 Å². The van der Waals surface area contributed by atoms with Crippen LogP contribution in [0.5, 0.6) is 0 Å². The molecule has 0 fully saturated rings. The number of primary amides is 1. The molecule has 4 heteroatoms. The zero-order valence-corrected chi connectivity index (χ0v) is 9.70. The highest BCUT2D eigenvalue weighted by Crippen LogP contribution is 2.08. The number of hydrogen-bond acceptors (Lipinski definition) is 2. The topological polar surface area (TPSA) is 72.2 Å². The van der Waals surface area contributed by atoms with E-state index < -0.39 is 11.9 Å². The largest absolute Gasteiger partial charge is 0.368 e. The maximum Gasteiger partial charge on any atom is 0.251 e. The summed E-state index contributed by atoms with van der Waals surface area (Å²) in [5.74, 6) is -0.823. The first-order valence-corrected chi connectivity index (χ1v) is 5.08. The quantitative estimate of drug-likeness (QED) is 0.794. The van der Waals surface area contributed by atoms with Crippen LogP contribution >= 0.6 is 0 Å². The Morgan fingerprint density at radius 3 is 2.12 bits per heavy atom. The Balaban J connectivity index is 2.84. The van der Waals surface area contributed by atoms with E-state index in [1.54, 1.807) is 19.1 Å². The van der Waals surface area contributed by atoms with Crippen molar-refractivity contribution in [3.63, 3.8) is 0 Å². The van der Waals surface area contributed by atoms with Gasteiger partial charge < -0.3 is 11.1 Å². The Morgan fingerprint density at radius 1 is 1.19 bits per heavy atom. The summed E-state index contributed by atoms with van der Waals surface area (Å²) in [7, 11) is 0. The van der Waals surface area contributed by atoms with Gasteiger partial charge in [0.2, 0.25) is 5.91 Å². The van der Waals surface area contributed by atoms with Crippen molar-refractivity contribution in [3.8, 4) is 0 Å². The Morgan fingerprint density at radius 2 is 1.69 bits per heavy atom. The highest BCUT2D eigenvalue weighted by Gasteiger charge is 2.13. The van der Waals surface area contributed by atoms with E-state index in [0.29, 0.717) is 5.56 Å². The molecule has 1 rings (SSSR count). The van der Waals surface area contributed by atoms with Crippen molar-refractivity contribution in [1.82, 2.24) is 5.32 Å². The molecule has 1 atom stereocenters. The molecule has 0 aliphatic rings. The summed E-state index contributed by atoms with van der Waals surface area (Å²) >= 11 is 0. The van der Waals surface area contributed by atoms with Gasteiger partial charge in [-0.25, -0.2) is 0 Å². The lowest BCUT2D eigenvalue weighted by Crippen LogP contribution is -2.42. The molecule has 1 aromatic rings. The van der Waals surface area contributed by atoms with Crippen molar-refractivity contribution in [3.05, 3.63) is 34.9 Å². The molecule has 86 valence electrons. The van der Waals surface area contributed by atoms with Crippen molar-refractivity contribution >= 4 is 11.8 Å². The molecule has 0 heterocycles. The first-order chi connectivity index (χ1) is 7.40. The minimum Gasteiger partial charge on any atom is -0.368 e. The minimum absolute atomic E-state index is 0.280. The molecular formula is C12H16N2O2. The highest BCUT2D eigenvalue weighted by molar-refractivity contribution is 5.97. The van der Waals surface area contributed by atoms with E-state index in [9.17, 15) is 9.59 Å². The summed E-state index contributed by atoms with van der Waals surface area (Å²) < 4.78 is 0. The van der Waals surface area contributed by atoms with Crippen molar-refractivity contribution in [2.45, 2.75) is 26.8 Å². The van der Waals surface area contributed by atoms with E-state index >= 15 is 0 Å². The van der Waals surface area contributed by atoms with Gasteiger partial charge in [0.25, 0.3) is 5.91 Å². The molecule has 1 aromatic carbocycles. The number of carbonyl (C=O) groups excluding carboxylic acids is 2. The lowest BCUT2D eigenvalue weighted by molar-refractivity contribution is -0.119. The molecule has 0 aliphatic carbocycles. The average Bonchev–Trinajstić information content (AvgIpc) is 2.15. The summed E-state index contributed by atoms with van der Waals surface area (Å²) in [5.41, 5.74) is 7.64. The molecule has 2 amide bonds. The van der Waals surface area contributed by atoms with Crippen LogP contribution in [0, 0.1) is 13.8 Å². The lowest BCUT2D eigenvalue weighted by atomic mass is 10.1. The van der Waals surface area contributed by atoms with E-state index in [1.165, 1.54) is 0 Å². The molecule has 4 nitrogen and oxygen atoms in total. The van der Waals surface area contributed by atoms with Gasteiger partial charge in [-0.15, -0.1) is 0 Å². The molecule has 3 N–H and O–H groups in total. The molecular weight excluding hydrogens is 204 g/mol. The molecule has 0 radical (unpaired) electrons. The lowest BCUT2D eigenvalue weighted by Gasteiger charge is -2.11. The number of carbonyl (C=O) groups is 2. The molecule has 0 saturated heterocycles. The third-order valence-corrected chi connectivity index (χ3v) is 2.26. The molecule has 0 bridgehead atoms. The van der Waals surface area contributed by atoms with Gasteiger partial charge in [0.15, 0.2) is 0 Å². The third-order valence-electron chi connectivity index (χ3n) is 2.26. The Hall–Kier alpha value is -1.84. The minimum atomic E-state index is -0.659. The van der Waals surface area contributed by atoms with Crippen LogP contribution in [0.15, 0.2) is 18.2 Å². The van der Waals surface area contributed by atoms with Gasteiger partial charge >= 0.3 is 0 Å². The van der Waals surface area contributed by atoms with Crippen molar-refractivity contribution in [2.75, 3.05) is 0 Å². The molecule has 0 unspecified atom stereocenters. The summed E-state index contributed by atoms with van der Waals surface area (Å²) in [6, 6.07) is 4.87. The van der Waals surface area contributed by atoms with Gasteiger partial charge in [-0.3, -0.25) is 9.59 Å². The first-order valence-electron chi connectivity index (χ1n) is 5.08. The fraction of sp³-hybridized carbons (Fsp3) is 0.333. The fourth-order valence-corrected chi connectivity index (χ4v) is 1.46. The Bertz CT molecular complexity index is 407. The van der Waals surface area contributed by atoms with Crippen LogP contribution in [0.4, 0.5) is 0 Å². The summed E-state index contributed by atoms with van der Waals surface area (Å²) in [6.45, 7) is 5.39. The van der Waals surface area contributed by atoms with Crippen LogP contribution in [-0.4, -0.2) is 17.9 Å². The summed E-state index contributed by atoms with van der Waals surface area (Å²) in [5, 5.41) is 2.54. The number of aryl methyl sites for hydroxylation is 2. The smallest absolute Gasteiger partial charge is 0.251 e. The number of rotatable bonds is 3. The third kappa shape index (κ3) is 3.08. The normalized spacial score (nSPS) is 11.9. The fourth-order valence-electron chi connectivity index (χ4n) is 1.46. The number of nitrogens with one attached hydrogen (secondary N) is 1. The Kier molecular flexibility index (Phi) is 3.66. The maximum atomic E-state index is 11.7. The second-order valence-corrected chi connectivity index (χ2v) is 3.97. The summed E-state index contributed by atoms with van der Waals surface area (Å²) in [6.07, 6.45) is 0. The van der Waals surface area contributed by atoms with Gasteiger partial charge in [-0.05, 0) is 32.9 Å². The van der Waals surface area contributed by atoms with Crippen LogP contribution in [0.1, 0.15) is 28.4 Å². The SMILES string of the molecule is Cc1cc(C)cc(C(=O)N[C@H](C)C(N)=O)c1. The zero-order valence-electron chi connectivity index (χ0n) is 9.70. The van der Waals surface area contributed by atoms with Gasteiger partial charge in [0.1, 0.15) is 6.04 Å². The number of benzene rings is 1. The van der Waals surface area contributed by atoms with E-state index in [0.717, 1.165) is 11.1 Å². The van der Waals surface area contributed by atoms with E-state index in [1.807, 2.05) is 19.9 Å². The van der Waals surface area contributed by atoms with E-state index in [4.69, 9.17) is 5.73 Å². The number of amides is 2. The zero-order chi connectivity index (χ0) is 12.3. The van der Waals surface area contributed by atoms with E-state index in [-0.39, 0.29) is 5.91 Å². The van der Waals surface area contributed by atoms with Gasteiger partial charge in [0, 0.05) is 5.56 Å². The predicted molar refractivity (Wildman–Crippen MR) is 62.0 cm³/mol. The first kappa shape index (κ1) is 12.2. The standard InChI is InChI=1S/C12H16N2O2/c1-7-4-8(2)6-10(5-7)12(16)14-9(3)11(13)15/h4-6,9H,1-3H3,(H2,13,15)(H,14,16)/t9-/m1/s1. The van der Waals surface area contributed by atoms with Crippen molar-refractivity contribution in [2.24, 2.45) is 5.73 Å². The second kappa shape index (κ2) is 4.79. The monoisotopic (exact) mass is 220 g/mol. The maximum absolute atomic E-state index is 11.7. The number of hydrogen-bond donors (Lipinski definition) is 2. The van der Waals surface area contributed by atoms with Gasteiger partial charge in [0.05, 0.1) is 0 Å². The summed E-state index contributed by atoms with van der Waals surface area (Å²) in [4.78, 5) is 22.6. The van der Waals surface area contributed by atoms with Crippen LogP contribution in [-0.2, 0) is 4.79 Å². The highest BCUT2D eigenvalue weighted by atomic mass is 16.2. The van der Waals surface area contributed by atoms with Gasteiger partial charge in [-0.2, -0.15) is 0 Å². The van der Waals surface area contributed by atoms with Crippen LogP contribution in [0.2, 0.25) is 0 Å². The molecule has 16 heavy (non-hydrogen) atoms. The van der Waals surface area contributed by atoms with Crippen LogP contribution in [0.3, 0.4) is 0 Å². The average molecular weight is 220 g/mol. The molecule has 0 saturated carbocycles. The van der Waals surface area contributed by atoms with Crippen LogP contribution < -0.4 is 11.1 Å². The van der Waals surface area contributed by atoms with Crippen molar-refractivity contribution < 1.29 is 9.59 Å². The second-order valence-electron chi connectivity index (χ2n) is 3.97. The number of nitrogens with two attached hydrogens (primary N) is 1. The molecule has 0 spiro atoms. The predicted octanol–water partition coefficient (Wildman–Crippen LogP) is 0.907. The Labute approximate surface area is 94.8 Å².